The number of aromatic nitrogens is 1. The van der Waals surface area contributed by atoms with Crippen molar-refractivity contribution in [3.05, 3.63) is 24.0 Å². The van der Waals surface area contributed by atoms with E-state index in [0.29, 0.717) is 6.10 Å². The van der Waals surface area contributed by atoms with Crippen LogP contribution in [-0.4, -0.2) is 61.5 Å². The number of halogens is 1. The molecule has 0 spiro atoms. The average molecular weight is 464 g/mol. The molecule has 1 aliphatic rings. The minimum Gasteiger partial charge on any atom is -0.379 e. The van der Waals surface area contributed by atoms with E-state index < -0.39 is 0 Å². The van der Waals surface area contributed by atoms with E-state index in [1.807, 2.05) is 0 Å². The summed E-state index contributed by atoms with van der Waals surface area (Å²) >= 11 is 0. The van der Waals surface area contributed by atoms with Crippen molar-refractivity contribution in [2.45, 2.75) is 38.8 Å². The maximum Gasteiger partial charge on any atom is 0.194 e. The highest BCUT2D eigenvalue weighted by atomic mass is 127. The summed E-state index contributed by atoms with van der Waals surface area (Å²) in [6, 6.07) is 4.21. The first-order valence-corrected chi connectivity index (χ1v) is 8.99. The van der Waals surface area contributed by atoms with Gasteiger partial charge in [0.15, 0.2) is 5.96 Å². The third-order valence-electron chi connectivity index (χ3n) is 4.18. The van der Waals surface area contributed by atoms with Crippen molar-refractivity contribution >= 4 is 29.9 Å². The largest absolute Gasteiger partial charge is 0.379 e. The van der Waals surface area contributed by atoms with Gasteiger partial charge in [0.05, 0.1) is 19.3 Å². The van der Waals surface area contributed by atoms with E-state index in [2.05, 4.69) is 54.1 Å². The molecule has 2 heterocycles. The van der Waals surface area contributed by atoms with Crippen LogP contribution in [0.2, 0.25) is 0 Å². The number of aliphatic imine (C=N–C) groups is 1. The van der Waals surface area contributed by atoms with Crippen LogP contribution in [0.25, 0.3) is 0 Å². The van der Waals surface area contributed by atoms with Crippen LogP contribution in [0.5, 0.6) is 0 Å². The summed E-state index contributed by atoms with van der Waals surface area (Å²) in [6.07, 6.45) is 5.60. The second kappa shape index (κ2) is 12.5. The second-order valence-electron chi connectivity index (χ2n) is 6.27. The van der Waals surface area contributed by atoms with Gasteiger partial charge in [-0.05, 0) is 38.3 Å². The third kappa shape index (κ3) is 7.96. The maximum atomic E-state index is 5.69. The Kier molecular flexibility index (Phi) is 11.2. The fourth-order valence-electron chi connectivity index (χ4n) is 2.79. The summed E-state index contributed by atoms with van der Waals surface area (Å²) in [4.78, 5) is 6.86. The number of aryl methyl sites for hydroxylation is 1. The first-order chi connectivity index (χ1) is 11.7. The molecule has 6 nitrogen and oxygen atoms in total. The molecule has 0 radical (unpaired) electrons. The van der Waals surface area contributed by atoms with Crippen molar-refractivity contribution in [3.63, 3.8) is 0 Å². The predicted molar refractivity (Wildman–Crippen MR) is 113 cm³/mol. The zero-order chi connectivity index (χ0) is 17.2. The molecule has 1 fully saturated rings. The molecule has 0 aromatic carbocycles. The molecule has 7 heteroatoms. The van der Waals surface area contributed by atoms with E-state index in [9.17, 15) is 0 Å². The van der Waals surface area contributed by atoms with Gasteiger partial charge in [-0.1, -0.05) is 0 Å². The quantitative estimate of drug-likeness (QED) is 0.264. The molecular formula is C18H33IN4O2. The summed E-state index contributed by atoms with van der Waals surface area (Å²) in [5, 5.41) is 3.36. The smallest absolute Gasteiger partial charge is 0.194 e. The number of nitrogens with zero attached hydrogens (tertiary/aromatic N) is 3. The first-order valence-electron chi connectivity index (χ1n) is 8.99. The fraction of sp³-hybridized carbons (Fsp3) is 0.722. The molecule has 0 bridgehead atoms. The van der Waals surface area contributed by atoms with Gasteiger partial charge in [0.1, 0.15) is 0 Å². The Labute approximate surface area is 169 Å². The van der Waals surface area contributed by atoms with Crippen LogP contribution in [0, 0.1) is 0 Å². The molecule has 1 aromatic rings. The van der Waals surface area contributed by atoms with E-state index in [-0.39, 0.29) is 24.0 Å². The number of hydrogen-bond donors (Lipinski definition) is 1. The molecule has 0 saturated carbocycles. The minimum absolute atomic E-state index is 0. The summed E-state index contributed by atoms with van der Waals surface area (Å²) in [7, 11) is 4.14. The molecular weight excluding hydrogens is 431 g/mol. The molecule has 1 N–H and O–H groups in total. The molecule has 0 aliphatic carbocycles. The van der Waals surface area contributed by atoms with E-state index in [0.717, 1.165) is 64.7 Å². The van der Waals surface area contributed by atoms with Gasteiger partial charge in [-0.25, -0.2) is 0 Å². The summed E-state index contributed by atoms with van der Waals surface area (Å²) in [5.74, 6) is 0.942. The Morgan fingerprint density at radius 3 is 3.00 bits per heavy atom. The average Bonchev–Trinajstić information content (AvgIpc) is 3.22. The van der Waals surface area contributed by atoms with Crippen molar-refractivity contribution in [2.75, 3.05) is 40.0 Å². The van der Waals surface area contributed by atoms with Gasteiger partial charge >= 0.3 is 0 Å². The zero-order valence-corrected chi connectivity index (χ0v) is 18.1. The molecule has 0 amide bonds. The monoisotopic (exact) mass is 464 g/mol. The third-order valence-corrected chi connectivity index (χ3v) is 4.18. The van der Waals surface area contributed by atoms with Gasteiger partial charge < -0.3 is 24.3 Å². The fourth-order valence-corrected chi connectivity index (χ4v) is 2.79. The standard InChI is InChI=1S/C18H32N4O2.HI/c1-4-19-18(22(3)14-16-8-5-11-21(16)2)20-10-7-12-23-15-17-9-6-13-24-17;/h5,8,11,17H,4,6-7,9-10,12-15H2,1-3H3,(H,19,20);1H. The van der Waals surface area contributed by atoms with E-state index in [4.69, 9.17) is 14.5 Å². The van der Waals surface area contributed by atoms with Gasteiger partial charge in [-0.2, -0.15) is 0 Å². The minimum atomic E-state index is 0. The Balaban J connectivity index is 0.00000312. The van der Waals surface area contributed by atoms with Crippen LogP contribution in [-0.2, 0) is 23.1 Å². The number of nitrogens with one attached hydrogen (secondary N) is 1. The van der Waals surface area contributed by atoms with Gasteiger partial charge in [0, 0.05) is 52.3 Å². The highest BCUT2D eigenvalue weighted by Gasteiger charge is 2.15. The number of guanidine groups is 1. The molecule has 144 valence electrons. The van der Waals surface area contributed by atoms with E-state index in [1.54, 1.807) is 0 Å². The molecule has 1 aliphatic heterocycles. The zero-order valence-electron chi connectivity index (χ0n) is 15.7. The number of hydrogen-bond acceptors (Lipinski definition) is 3. The van der Waals surface area contributed by atoms with Crippen molar-refractivity contribution in [2.24, 2.45) is 12.0 Å². The Bertz CT molecular complexity index is 501. The summed E-state index contributed by atoms with van der Waals surface area (Å²) in [6.45, 7) is 6.91. The SMILES string of the molecule is CCNC(=NCCCOCC1CCCO1)N(C)Cc1cccn1C.I. The van der Waals surface area contributed by atoms with Crippen molar-refractivity contribution in [1.29, 1.82) is 0 Å². The molecule has 1 saturated heterocycles. The lowest BCUT2D eigenvalue weighted by Gasteiger charge is -2.22. The normalized spacial score (nSPS) is 17.4. The predicted octanol–water partition coefficient (Wildman–Crippen LogP) is 2.63. The van der Waals surface area contributed by atoms with Crippen LogP contribution in [0.3, 0.4) is 0 Å². The van der Waals surface area contributed by atoms with Crippen molar-refractivity contribution in [3.8, 4) is 0 Å². The second-order valence-corrected chi connectivity index (χ2v) is 6.27. The topological polar surface area (TPSA) is 51.0 Å². The summed E-state index contributed by atoms with van der Waals surface area (Å²) in [5.41, 5.74) is 1.27. The van der Waals surface area contributed by atoms with E-state index in [1.165, 1.54) is 5.69 Å². The van der Waals surface area contributed by atoms with Crippen LogP contribution >= 0.6 is 24.0 Å². The molecule has 1 unspecified atom stereocenters. The highest BCUT2D eigenvalue weighted by Crippen LogP contribution is 2.11. The van der Waals surface area contributed by atoms with Gasteiger partial charge in [-0.3, -0.25) is 4.99 Å². The first kappa shape index (κ1) is 22.2. The van der Waals surface area contributed by atoms with Crippen LogP contribution in [0.4, 0.5) is 0 Å². The Morgan fingerprint density at radius 2 is 2.36 bits per heavy atom. The number of ether oxygens (including phenoxy) is 2. The van der Waals surface area contributed by atoms with Crippen LogP contribution in [0.15, 0.2) is 23.3 Å². The van der Waals surface area contributed by atoms with E-state index >= 15 is 0 Å². The van der Waals surface area contributed by atoms with Gasteiger partial charge in [0.25, 0.3) is 0 Å². The lowest BCUT2D eigenvalue weighted by atomic mass is 10.2. The van der Waals surface area contributed by atoms with Crippen molar-refractivity contribution < 1.29 is 9.47 Å². The molecule has 1 aromatic heterocycles. The Morgan fingerprint density at radius 1 is 1.52 bits per heavy atom. The van der Waals surface area contributed by atoms with Gasteiger partial charge in [0.2, 0.25) is 0 Å². The van der Waals surface area contributed by atoms with Crippen LogP contribution in [0.1, 0.15) is 31.9 Å². The maximum absolute atomic E-state index is 5.69. The lowest BCUT2D eigenvalue weighted by Crippen LogP contribution is -2.39. The lowest BCUT2D eigenvalue weighted by molar-refractivity contribution is 0.0170. The molecule has 25 heavy (non-hydrogen) atoms. The number of rotatable bonds is 9. The molecule has 2 rings (SSSR count). The van der Waals surface area contributed by atoms with Crippen LogP contribution < -0.4 is 5.32 Å². The Hall–Kier alpha value is -0.800. The highest BCUT2D eigenvalue weighted by molar-refractivity contribution is 14.0. The molecule has 1 atom stereocenters. The van der Waals surface area contributed by atoms with Crippen molar-refractivity contribution in [1.82, 2.24) is 14.8 Å². The summed E-state index contributed by atoms with van der Waals surface area (Å²) < 4.78 is 13.4. The van der Waals surface area contributed by atoms with Gasteiger partial charge in [-0.15, -0.1) is 24.0 Å².